The molecule has 0 aliphatic heterocycles. The van der Waals surface area contributed by atoms with Crippen molar-refractivity contribution in [1.29, 1.82) is 0 Å². The highest BCUT2D eigenvalue weighted by Gasteiger charge is 2.11. The molecule has 6 heteroatoms. The second kappa shape index (κ2) is 9.91. The van der Waals surface area contributed by atoms with Gasteiger partial charge in [0.25, 0.3) is 0 Å². The Morgan fingerprint density at radius 3 is 2.68 bits per heavy atom. The molecule has 2 amide bonds. The zero-order chi connectivity index (χ0) is 18.1. The van der Waals surface area contributed by atoms with Gasteiger partial charge < -0.3 is 20.1 Å². The monoisotopic (exact) mass is 362 g/mol. The Balaban J connectivity index is 1.95. The summed E-state index contributed by atoms with van der Waals surface area (Å²) in [6.07, 6.45) is 0. The number of carbonyl (C=O) groups is 1. The number of benzene rings is 2. The number of rotatable bonds is 8. The average Bonchev–Trinajstić information content (AvgIpc) is 2.60. The predicted octanol–water partition coefficient (Wildman–Crippen LogP) is 4.39. The number of nitrogens with one attached hydrogen (secondary N) is 2. The van der Waals surface area contributed by atoms with E-state index in [9.17, 15) is 4.79 Å². The van der Waals surface area contributed by atoms with Crippen LogP contribution in [0.25, 0.3) is 0 Å². The molecule has 0 aliphatic carbocycles. The lowest BCUT2D eigenvalue weighted by molar-refractivity contribution is 0.110. The van der Waals surface area contributed by atoms with Gasteiger partial charge in [-0.25, -0.2) is 4.79 Å². The van der Waals surface area contributed by atoms with Crippen molar-refractivity contribution in [3.63, 3.8) is 0 Å². The number of anilines is 1. The minimum absolute atomic E-state index is 0.319. The van der Waals surface area contributed by atoms with Gasteiger partial charge in [0.15, 0.2) is 5.75 Å². The van der Waals surface area contributed by atoms with E-state index in [2.05, 4.69) is 10.6 Å². The van der Waals surface area contributed by atoms with Crippen molar-refractivity contribution in [3.8, 4) is 5.75 Å². The van der Waals surface area contributed by atoms with Gasteiger partial charge in [-0.15, -0.1) is 0 Å². The molecule has 2 N–H and O–H groups in total. The second-order valence-corrected chi connectivity index (χ2v) is 5.80. The summed E-state index contributed by atoms with van der Waals surface area (Å²) in [4.78, 5) is 12.2. The van der Waals surface area contributed by atoms with Gasteiger partial charge >= 0.3 is 6.03 Å². The topological polar surface area (TPSA) is 59.6 Å². The summed E-state index contributed by atoms with van der Waals surface area (Å²) in [6.45, 7) is 5.81. The van der Waals surface area contributed by atoms with Crippen LogP contribution in [0.3, 0.4) is 0 Å². The van der Waals surface area contributed by atoms with E-state index in [-0.39, 0.29) is 6.03 Å². The zero-order valence-corrected chi connectivity index (χ0v) is 15.2. The van der Waals surface area contributed by atoms with Crippen molar-refractivity contribution in [2.75, 3.05) is 25.1 Å². The SMILES string of the molecule is CCOCCOc1c(Cl)cccc1NC(=O)NCc1ccccc1C. The Morgan fingerprint density at radius 1 is 1.12 bits per heavy atom. The highest BCUT2D eigenvalue weighted by Crippen LogP contribution is 2.32. The van der Waals surface area contributed by atoms with E-state index in [0.29, 0.717) is 42.8 Å². The Labute approximate surface area is 153 Å². The summed E-state index contributed by atoms with van der Waals surface area (Å²) < 4.78 is 10.9. The quantitative estimate of drug-likeness (QED) is 0.685. The van der Waals surface area contributed by atoms with E-state index in [1.807, 2.05) is 38.1 Å². The first kappa shape index (κ1) is 19.1. The number of aryl methyl sites for hydroxylation is 1. The van der Waals surface area contributed by atoms with E-state index >= 15 is 0 Å². The predicted molar refractivity (Wildman–Crippen MR) is 100 cm³/mol. The molecule has 0 fully saturated rings. The number of amides is 2. The highest BCUT2D eigenvalue weighted by atomic mass is 35.5. The second-order valence-electron chi connectivity index (χ2n) is 5.40. The molecule has 0 heterocycles. The molecule has 134 valence electrons. The molecule has 0 aromatic heterocycles. The molecule has 0 atom stereocenters. The summed E-state index contributed by atoms with van der Waals surface area (Å²) in [5.74, 6) is 0.440. The minimum atomic E-state index is -0.319. The molecule has 2 aromatic rings. The van der Waals surface area contributed by atoms with Crippen LogP contribution in [0.5, 0.6) is 5.75 Å². The smallest absolute Gasteiger partial charge is 0.319 e. The molecule has 0 spiro atoms. The molecule has 5 nitrogen and oxygen atoms in total. The number of halogens is 1. The number of para-hydroxylation sites is 1. The van der Waals surface area contributed by atoms with Crippen molar-refractivity contribution in [3.05, 3.63) is 58.6 Å². The third-order valence-corrected chi connectivity index (χ3v) is 3.89. The first-order valence-electron chi connectivity index (χ1n) is 8.20. The lowest BCUT2D eigenvalue weighted by atomic mass is 10.1. The van der Waals surface area contributed by atoms with Crippen molar-refractivity contribution < 1.29 is 14.3 Å². The molecule has 2 rings (SSSR count). The standard InChI is InChI=1S/C19H23ClN2O3/c1-3-24-11-12-25-18-16(20)9-6-10-17(18)22-19(23)21-13-15-8-5-4-7-14(15)2/h4-10H,3,11-13H2,1-2H3,(H2,21,22,23). The van der Waals surface area contributed by atoms with E-state index in [0.717, 1.165) is 11.1 Å². The summed E-state index contributed by atoms with van der Waals surface area (Å²) in [6, 6.07) is 12.8. The maximum atomic E-state index is 12.2. The lowest BCUT2D eigenvalue weighted by Crippen LogP contribution is -2.28. The molecule has 0 aliphatic rings. The highest BCUT2D eigenvalue weighted by molar-refractivity contribution is 6.32. The normalized spacial score (nSPS) is 10.4. The van der Waals surface area contributed by atoms with Crippen LogP contribution in [0.15, 0.2) is 42.5 Å². The Morgan fingerprint density at radius 2 is 1.92 bits per heavy atom. The number of ether oxygens (including phenoxy) is 2. The molecule has 0 saturated carbocycles. The van der Waals surface area contributed by atoms with Gasteiger partial charge in [0, 0.05) is 13.2 Å². The van der Waals surface area contributed by atoms with Gasteiger partial charge in [0.05, 0.1) is 17.3 Å². The van der Waals surface area contributed by atoms with Crippen molar-refractivity contribution >= 4 is 23.3 Å². The van der Waals surface area contributed by atoms with Crippen molar-refractivity contribution in [2.24, 2.45) is 0 Å². The van der Waals surface area contributed by atoms with E-state index in [1.54, 1.807) is 18.2 Å². The van der Waals surface area contributed by atoms with Gasteiger partial charge in [-0.3, -0.25) is 0 Å². The van der Waals surface area contributed by atoms with Gasteiger partial charge in [0.1, 0.15) is 6.61 Å². The summed E-state index contributed by atoms with van der Waals surface area (Å²) >= 11 is 6.18. The van der Waals surface area contributed by atoms with Crippen LogP contribution in [0.1, 0.15) is 18.1 Å². The molecule has 0 radical (unpaired) electrons. The molecule has 0 saturated heterocycles. The fourth-order valence-electron chi connectivity index (χ4n) is 2.25. The van der Waals surface area contributed by atoms with E-state index in [4.69, 9.17) is 21.1 Å². The maximum absolute atomic E-state index is 12.2. The number of hydrogen-bond donors (Lipinski definition) is 2. The zero-order valence-electron chi connectivity index (χ0n) is 14.5. The Kier molecular flexibility index (Phi) is 7.57. The Bertz CT molecular complexity index is 707. The molecule has 0 unspecified atom stereocenters. The average molecular weight is 363 g/mol. The third kappa shape index (κ3) is 5.96. The number of hydrogen-bond acceptors (Lipinski definition) is 3. The van der Waals surface area contributed by atoms with Crippen LogP contribution in [-0.4, -0.2) is 25.9 Å². The van der Waals surface area contributed by atoms with E-state index < -0.39 is 0 Å². The fourth-order valence-corrected chi connectivity index (χ4v) is 2.48. The van der Waals surface area contributed by atoms with Gasteiger partial charge in [0.2, 0.25) is 0 Å². The van der Waals surface area contributed by atoms with Gasteiger partial charge in [-0.2, -0.15) is 0 Å². The molecule has 2 aromatic carbocycles. The fraction of sp³-hybridized carbons (Fsp3) is 0.316. The van der Waals surface area contributed by atoms with Crippen LogP contribution >= 0.6 is 11.6 Å². The summed E-state index contributed by atoms with van der Waals surface area (Å²) in [5, 5.41) is 6.06. The van der Waals surface area contributed by atoms with Crippen LogP contribution in [0, 0.1) is 6.92 Å². The largest absolute Gasteiger partial charge is 0.487 e. The van der Waals surface area contributed by atoms with Crippen LogP contribution in [-0.2, 0) is 11.3 Å². The summed E-state index contributed by atoms with van der Waals surface area (Å²) in [7, 11) is 0. The Hall–Kier alpha value is -2.24. The van der Waals surface area contributed by atoms with Crippen LogP contribution in [0.4, 0.5) is 10.5 Å². The van der Waals surface area contributed by atoms with Crippen LogP contribution < -0.4 is 15.4 Å². The molecular weight excluding hydrogens is 340 g/mol. The third-order valence-electron chi connectivity index (χ3n) is 3.59. The van der Waals surface area contributed by atoms with E-state index in [1.165, 1.54) is 0 Å². The van der Waals surface area contributed by atoms with Gasteiger partial charge in [-0.05, 0) is 37.1 Å². The van der Waals surface area contributed by atoms with Crippen molar-refractivity contribution in [2.45, 2.75) is 20.4 Å². The summed E-state index contributed by atoms with van der Waals surface area (Å²) in [5.41, 5.74) is 2.72. The van der Waals surface area contributed by atoms with Crippen LogP contribution in [0.2, 0.25) is 5.02 Å². The molecular formula is C19H23ClN2O3. The number of urea groups is 1. The van der Waals surface area contributed by atoms with Crippen molar-refractivity contribution in [1.82, 2.24) is 5.32 Å². The lowest BCUT2D eigenvalue weighted by Gasteiger charge is -2.15. The first-order valence-corrected chi connectivity index (χ1v) is 8.58. The molecule has 25 heavy (non-hydrogen) atoms. The molecule has 0 bridgehead atoms. The van der Waals surface area contributed by atoms with Gasteiger partial charge in [-0.1, -0.05) is 41.9 Å². The number of carbonyl (C=O) groups excluding carboxylic acids is 1. The minimum Gasteiger partial charge on any atom is -0.487 e. The maximum Gasteiger partial charge on any atom is 0.319 e. The first-order chi connectivity index (χ1) is 12.1.